The largest absolute Gasteiger partial charge is 0.354 e. The standard InChI is InChI=1S/C94H60N8/c1-7-25-65(26-8-1)89-77-47-43-73(95-77)71(74-44-48-78(96-74)90(66-27-9-2-10-28-66)82-52-56-86(100-82)93(69-33-15-5-16-34-69)85-55-51-81(89)99-85)41-39-63-23-19-21-61(59-63)37-38-62-22-20-24-64(60-62)40-42-72-75-45-49-79(97-75)91(67-29-11-3-12-30-67)83-53-57-87(101-83)94(70-35-17-6-18-36-70)88-58-54-84(102-88)92(68-31-13-4-14-32-68)80-50-46-76(72)98-80/h1-38,43-60,95,97,100,102H/b38-37+,73-71?,74-71?,75-72?,76-72?,89-77?,89-81?,90-78?,90-82?,91-79?,91-83?,92-80?,92-84?,93-85?,93-86?,94-87?,94-88?. The third-order valence-electron chi connectivity index (χ3n) is 18.8. The van der Waals surface area contributed by atoms with E-state index in [1.54, 1.807) is 0 Å². The molecule has 0 saturated heterocycles. The van der Waals surface area contributed by atoms with E-state index in [0.29, 0.717) is 0 Å². The summed E-state index contributed by atoms with van der Waals surface area (Å²) in [6.45, 7) is 0. The number of nitrogens with zero attached hydrogens (tertiary/aromatic N) is 4. The molecule has 0 saturated carbocycles. The second kappa shape index (κ2) is 26.3. The molecule has 0 fully saturated rings. The van der Waals surface area contributed by atoms with Crippen LogP contribution in [0.2, 0.25) is 0 Å². The van der Waals surface area contributed by atoms with E-state index in [0.717, 1.165) is 190 Å². The molecule has 476 valence electrons. The molecule has 0 aliphatic carbocycles. The minimum Gasteiger partial charge on any atom is -0.354 e. The van der Waals surface area contributed by atoms with Gasteiger partial charge in [-0.05, 0) is 166 Å². The molecular weight excluding hydrogens is 1240 g/mol. The number of H-pyrrole nitrogens is 4. The fourth-order valence-electron chi connectivity index (χ4n) is 14.0. The van der Waals surface area contributed by atoms with Crippen molar-refractivity contribution in [2.24, 2.45) is 0 Å². The second-order valence-electron chi connectivity index (χ2n) is 25.3. The van der Waals surface area contributed by atoms with Crippen LogP contribution in [0.5, 0.6) is 0 Å². The summed E-state index contributed by atoms with van der Waals surface area (Å²) in [4.78, 5) is 37.2. The molecule has 0 amide bonds. The highest BCUT2D eigenvalue weighted by Crippen LogP contribution is 2.40. The van der Waals surface area contributed by atoms with Crippen molar-refractivity contribution in [3.8, 4) is 90.4 Å². The Hall–Kier alpha value is -14.2. The van der Waals surface area contributed by atoms with E-state index in [9.17, 15) is 0 Å². The molecule has 4 N–H and O–H groups in total. The number of aromatic nitrogens is 8. The first-order chi connectivity index (χ1) is 50.5. The molecule has 0 unspecified atom stereocenters. The maximum Gasteiger partial charge on any atom is 0.0815 e. The summed E-state index contributed by atoms with van der Waals surface area (Å²) in [7, 11) is 0. The van der Waals surface area contributed by atoms with Crippen LogP contribution in [0, 0.1) is 23.7 Å². The first-order valence-corrected chi connectivity index (χ1v) is 34.1. The molecule has 10 heterocycles. The first-order valence-electron chi connectivity index (χ1n) is 34.1. The Morgan fingerprint density at radius 2 is 0.431 bits per heavy atom. The lowest BCUT2D eigenvalue weighted by Crippen LogP contribution is -1.89. The Balaban J connectivity index is 0.735. The van der Waals surface area contributed by atoms with Crippen LogP contribution < -0.4 is 0 Å². The highest BCUT2D eigenvalue weighted by molar-refractivity contribution is 6.01. The summed E-state index contributed by atoms with van der Waals surface area (Å²) in [5, 5.41) is 0. The molecule has 4 aliphatic heterocycles. The molecule has 18 rings (SSSR count). The van der Waals surface area contributed by atoms with Crippen LogP contribution in [-0.2, 0) is 0 Å². The molecule has 0 atom stereocenters. The first kappa shape index (κ1) is 60.2. The molecule has 8 nitrogen and oxygen atoms in total. The van der Waals surface area contributed by atoms with Gasteiger partial charge < -0.3 is 19.9 Å². The van der Waals surface area contributed by atoms with Gasteiger partial charge in [-0.25, -0.2) is 19.9 Å². The summed E-state index contributed by atoms with van der Waals surface area (Å²) in [6.07, 6.45) is 21.1. The number of nitrogens with one attached hydrogen (secondary N) is 4. The van der Waals surface area contributed by atoms with E-state index < -0.39 is 0 Å². The summed E-state index contributed by atoms with van der Waals surface area (Å²) in [5.41, 5.74) is 31.3. The molecule has 8 aromatic carbocycles. The topological polar surface area (TPSA) is 115 Å². The summed E-state index contributed by atoms with van der Waals surface area (Å²) >= 11 is 0. The van der Waals surface area contributed by atoms with Gasteiger partial charge in [0.2, 0.25) is 0 Å². The van der Waals surface area contributed by atoms with Crippen molar-refractivity contribution >= 4 is 105 Å². The molecule has 16 bridgehead atoms. The number of benzene rings is 8. The van der Waals surface area contributed by atoms with Gasteiger partial charge in [0.15, 0.2) is 0 Å². The number of hydrogen-bond donors (Lipinski definition) is 4. The molecule has 6 aromatic heterocycles. The number of hydrogen-bond acceptors (Lipinski definition) is 4. The van der Waals surface area contributed by atoms with E-state index in [4.69, 9.17) is 19.9 Å². The van der Waals surface area contributed by atoms with Crippen molar-refractivity contribution in [3.63, 3.8) is 0 Å². The molecule has 4 aliphatic rings. The zero-order valence-corrected chi connectivity index (χ0v) is 55.1. The van der Waals surface area contributed by atoms with Crippen molar-refractivity contribution < 1.29 is 0 Å². The Labute approximate surface area is 589 Å². The van der Waals surface area contributed by atoms with Crippen LogP contribution in [0.4, 0.5) is 0 Å². The van der Waals surface area contributed by atoms with Gasteiger partial charge in [-0.3, -0.25) is 0 Å². The van der Waals surface area contributed by atoms with E-state index in [1.807, 2.05) is 36.4 Å². The fourth-order valence-corrected chi connectivity index (χ4v) is 14.0. The molecule has 0 radical (unpaired) electrons. The van der Waals surface area contributed by atoms with Crippen LogP contribution in [0.25, 0.3) is 172 Å². The van der Waals surface area contributed by atoms with Gasteiger partial charge >= 0.3 is 0 Å². The van der Waals surface area contributed by atoms with Gasteiger partial charge in [0, 0.05) is 77.6 Å². The lowest BCUT2D eigenvalue weighted by Gasteiger charge is -2.06. The highest BCUT2D eigenvalue weighted by atomic mass is 14.8. The fraction of sp³-hybridized carbons (Fsp3) is 0. The van der Waals surface area contributed by atoms with Crippen molar-refractivity contribution in [2.45, 2.75) is 0 Å². The van der Waals surface area contributed by atoms with Crippen molar-refractivity contribution in [3.05, 3.63) is 358 Å². The predicted octanol–water partition coefficient (Wildman–Crippen LogP) is 22.6. The summed E-state index contributed by atoms with van der Waals surface area (Å²) < 4.78 is 0. The van der Waals surface area contributed by atoms with Crippen molar-refractivity contribution in [1.82, 2.24) is 39.9 Å². The summed E-state index contributed by atoms with van der Waals surface area (Å²) in [5.74, 6) is 14.4. The van der Waals surface area contributed by atoms with Gasteiger partial charge in [-0.2, -0.15) is 0 Å². The van der Waals surface area contributed by atoms with Gasteiger partial charge in [-0.15, -0.1) is 0 Å². The maximum absolute atomic E-state index is 5.46. The maximum atomic E-state index is 5.46. The van der Waals surface area contributed by atoms with Gasteiger partial charge in [0.1, 0.15) is 0 Å². The highest BCUT2D eigenvalue weighted by Gasteiger charge is 2.21. The quantitative estimate of drug-likeness (QED) is 0.0896. The van der Waals surface area contributed by atoms with E-state index in [1.165, 1.54) is 0 Å². The second-order valence-corrected chi connectivity index (χ2v) is 25.3. The minimum atomic E-state index is 0.751. The Morgan fingerprint density at radius 1 is 0.206 bits per heavy atom. The van der Waals surface area contributed by atoms with E-state index in [-0.39, 0.29) is 0 Å². The van der Waals surface area contributed by atoms with Crippen LogP contribution in [0.15, 0.2) is 279 Å². The van der Waals surface area contributed by atoms with Crippen LogP contribution in [0.3, 0.4) is 0 Å². The lowest BCUT2D eigenvalue weighted by molar-refractivity contribution is 1.30. The van der Waals surface area contributed by atoms with Gasteiger partial charge in [0.05, 0.1) is 67.7 Å². The van der Waals surface area contributed by atoms with Crippen LogP contribution in [-0.4, -0.2) is 39.9 Å². The minimum absolute atomic E-state index is 0.751. The molecule has 8 heteroatoms. The van der Waals surface area contributed by atoms with Gasteiger partial charge in [-0.1, -0.05) is 242 Å². The third kappa shape index (κ3) is 11.8. The van der Waals surface area contributed by atoms with Crippen molar-refractivity contribution in [1.29, 1.82) is 0 Å². The van der Waals surface area contributed by atoms with Crippen molar-refractivity contribution in [2.75, 3.05) is 0 Å². The van der Waals surface area contributed by atoms with Gasteiger partial charge in [0.25, 0.3) is 0 Å². The molecule has 14 aromatic rings. The van der Waals surface area contributed by atoms with Crippen LogP contribution in [0.1, 0.15) is 78.9 Å². The number of rotatable bonds is 8. The monoisotopic (exact) mass is 1300 g/mol. The third-order valence-corrected chi connectivity index (χ3v) is 18.8. The number of aromatic amines is 4. The SMILES string of the molecule is C(#Cc1c2nc(c(-c3ccccc3)c3ccc([nH]3)c(-c3ccccc3)c3nc(c(-c4ccccc4)c4ccc1[nH]4)C=C3)C=C2)c1cccc(/C=C/c2cccc(C#Cc3c4nc(c(-c5ccccc5)c5ccc([nH]5)c(-c5ccccc5)c5nc(c(-c6ccccc6)c6ccc3[nH]6)C=C5)C=C4)c2)c1. The van der Waals surface area contributed by atoms with E-state index in [2.05, 4.69) is 347 Å². The number of fused-ring (bicyclic) bond motifs is 16. The smallest absolute Gasteiger partial charge is 0.0815 e. The lowest BCUT2D eigenvalue weighted by atomic mass is 10.0. The Kier molecular flexibility index (Phi) is 15.6. The average molecular weight is 1300 g/mol. The molecule has 102 heavy (non-hydrogen) atoms. The zero-order chi connectivity index (χ0) is 67.7. The molecular formula is C94H60N8. The van der Waals surface area contributed by atoms with Crippen LogP contribution >= 0.6 is 0 Å². The predicted molar refractivity (Wildman–Crippen MR) is 424 cm³/mol. The Morgan fingerprint density at radius 3 is 0.696 bits per heavy atom. The zero-order valence-electron chi connectivity index (χ0n) is 55.1. The van der Waals surface area contributed by atoms with E-state index >= 15 is 0 Å². The Bertz CT molecular complexity index is 5880. The normalized spacial score (nSPS) is 12.0. The average Bonchev–Trinajstić information content (AvgIpc) is 1.62. The molecule has 0 spiro atoms. The summed E-state index contributed by atoms with van der Waals surface area (Å²) in [6, 6.07) is 96.6.